The minimum Gasteiger partial charge on any atom is -0.321 e. The normalized spacial score (nSPS) is 10.9. The first-order valence-electron chi connectivity index (χ1n) is 7.29. The number of carbonyl (C=O) groups excluding carboxylic acids is 1. The second kappa shape index (κ2) is 5.30. The molecule has 0 saturated carbocycles. The van der Waals surface area contributed by atoms with Gasteiger partial charge in [-0.25, -0.2) is 4.98 Å². The second-order valence-corrected chi connectivity index (χ2v) is 5.73. The van der Waals surface area contributed by atoms with Gasteiger partial charge in [-0.15, -0.1) is 0 Å². The van der Waals surface area contributed by atoms with Gasteiger partial charge in [-0.1, -0.05) is 12.1 Å². The molecule has 2 heterocycles. The van der Waals surface area contributed by atoms with Crippen LogP contribution in [0.2, 0.25) is 0 Å². The molecule has 2 aromatic heterocycles. The van der Waals surface area contributed by atoms with Crippen molar-refractivity contribution in [3.63, 3.8) is 0 Å². The third-order valence-corrected chi connectivity index (χ3v) is 3.92. The Morgan fingerprint density at radius 2 is 1.82 bits per heavy atom. The summed E-state index contributed by atoms with van der Waals surface area (Å²) < 4.78 is 1.85. The Bertz CT molecular complexity index is 877. The van der Waals surface area contributed by atoms with Gasteiger partial charge >= 0.3 is 0 Å². The quantitative estimate of drug-likeness (QED) is 0.780. The molecule has 1 amide bonds. The van der Waals surface area contributed by atoms with E-state index in [1.54, 1.807) is 0 Å². The fraction of sp³-hybridized carbons (Fsp3) is 0.222. The molecule has 112 valence electrons. The highest BCUT2D eigenvalue weighted by atomic mass is 16.2. The Kier molecular flexibility index (Phi) is 3.45. The molecule has 0 atom stereocenters. The Balaban J connectivity index is 2.00. The molecule has 3 aromatic rings. The summed E-state index contributed by atoms with van der Waals surface area (Å²) in [5, 5.41) is 2.97. The van der Waals surface area contributed by atoms with Crippen LogP contribution in [0.1, 0.15) is 32.9 Å². The van der Waals surface area contributed by atoms with Gasteiger partial charge < -0.3 is 5.32 Å². The number of benzene rings is 1. The summed E-state index contributed by atoms with van der Waals surface area (Å²) in [6.45, 7) is 7.95. The number of amides is 1. The smallest absolute Gasteiger partial charge is 0.274 e. The van der Waals surface area contributed by atoms with E-state index in [4.69, 9.17) is 0 Å². The molecule has 0 spiro atoms. The molecule has 0 saturated heterocycles. The van der Waals surface area contributed by atoms with E-state index in [1.807, 2.05) is 61.7 Å². The number of imidazole rings is 1. The van der Waals surface area contributed by atoms with E-state index in [9.17, 15) is 4.79 Å². The van der Waals surface area contributed by atoms with Crippen LogP contribution < -0.4 is 5.32 Å². The lowest BCUT2D eigenvalue weighted by atomic mass is 10.1. The fourth-order valence-corrected chi connectivity index (χ4v) is 2.55. The van der Waals surface area contributed by atoms with Crippen molar-refractivity contribution in [2.45, 2.75) is 27.7 Å². The van der Waals surface area contributed by atoms with Crippen molar-refractivity contribution in [2.24, 2.45) is 0 Å². The monoisotopic (exact) mass is 293 g/mol. The first kappa shape index (κ1) is 14.3. The van der Waals surface area contributed by atoms with Crippen LogP contribution in [0.5, 0.6) is 0 Å². The van der Waals surface area contributed by atoms with Crippen LogP contribution in [0.15, 0.2) is 36.5 Å². The second-order valence-electron chi connectivity index (χ2n) is 5.73. The van der Waals surface area contributed by atoms with Crippen LogP contribution in [0.25, 0.3) is 5.65 Å². The Hall–Kier alpha value is -2.62. The van der Waals surface area contributed by atoms with E-state index < -0.39 is 0 Å². The van der Waals surface area contributed by atoms with Gasteiger partial charge in [0, 0.05) is 11.9 Å². The van der Waals surface area contributed by atoms with Gasteiger partial charge in [-0.05, 0) is 62.6 Å². The summed E-state index contributed by atoms with van der Waals surface area (Å²) >= 11 is 0. The molecule has 1 N–H and O–H groups in total. The highest BCUT2D eigenvalue weighted by molar-refractivity contribution is 6.04. The largest absolute Gasteiger partial charge is 0.321 e. The maximum atomic E-state index is 12.6. The third kappa shape index (κ3) is 2.48. The van der Waals surface area contributed by atoms with Gasteiger partial charge in [-0.2, -0.15) is 0 Å². The van der Waals surface area contributed by atoms with Crippen molar-refractivity contribution in [1.29, 1.82) is 0 Å². The van der Waals surface area contributed by atoms with Crippen molar-refractivity contribution in [2.75, 3.05) is 5.32 Å². The summed E-state index contributed by atoms with van der Waals surface area (Å²) in [7, 11) is 0. The summed E-state index contributed by atoms with van der Waals surface area (Å²) in [6.07, 6.45) is 1.94. The SMILES string of the molecule is Cc1ccc2nc(C)c(C(=O)Nc3ccc(C)c(C)c3)n2c1. The standard InChI is InChI=1S/C18H19N3O/c1-11-5-8-16-19-14(4)17(21(16)10-11)18(22)20-15-7-6-12(2)13(3)9-15/h5-10H,1-4H3,(H,20,22). The van der Waals surface area contributed by atoms with E-state index in [1.165, 1.54) is 5.56 Å². The molecule has 1 aromatic carbocycles. The number of hydrogen-bond donors (Lipinski definition) is 1. The lowest BCUT2D eigenvalue weighted by Gasteiger charge is -2.08. The molecule has 4 heteroatoms. The summed E-state index contributed by atoms with van der Waals surface area (Å²) in [4.78, 5) is 17.1. The van der Waals surface area contributed by atoms with Crippen LogP contribution in [0, 0.1) is 27.7 Å². The molecule has 0 aliphatic carbocycles. The van der Waals surface area contributed by atoms with Crippen LogP contribution in [-0.4, -0.2) is 15.3 Å². The number of nitrogens with zero attached hydrogens (tertiary/aromatic N) is 2. The van der Waals surface area contributed by atoms with Crippen LogP contribution in [0.4, 0.5) is 5.69 Å². The predicted octanol–water partition coefficient (Wildman–Crippen LogP) is 3.82. The molecule has 4 nitrogen and oxygen atoms in total. The number of aromatic nitrogens is 2. The number of rotatable bonds is 2. The fourth-order valence-electron chi connectivity index (χ4n) is 2.55. The Morgan fingerprint density at radius 3 is 2.55 bits per heavy atom. The number of fused-ring (bicyclic) bond motifs is 1. The van der Waals surface area contributed by atoms with Gasteiger partial charge in [0.05, 0.1) is 5.69 Å². The molecule has 0 radical (unpaired) electrons. The van der Waals surface area contributed by atoms with Crippen LogP contribution in [0.3, 0.4) is 0 Å². The van der Waals surface area contributed by atoms with Crippen molar-refractivity contribution >= 4 is 17.2 Å². The minimum absolute atomic E-state index is 0.140. The van der Waals surface area contributed by atoms with E-state index in [0.717, 1.165) is 28.2 Å². The highest BCUT2D eigenvalue weighted by Gasteiger charge is 2.16. The molecule has 0 bridgehead atoms. The number of pyridine rings is 1. The third-order valence-electron chi connectivity index (χ3n) is 3.92. The maximum absolute atomic E-state index is 12.6. The number of anilines is 1. The van der Waals surface area contributed by atoms with Crippen molar-refractivity contribution in [1.82, 2.24) is 9.38 Å². The molecule has 0 aliphatic heterocycles. The molecule has 22 heavy (non-hydrogen) atoms. The number of nitrogens with one attached hydrogen (secondary N) is 1. The predicted molar refractivity (Wildman–Crippen MR) is 88.5 cm³/mol. The van der Waals surface area contributed by atoms with Crippen LogP contribution in [-0.2, 0) is 0 Å². The summed E-state index contributed by atoms with van der Waals surface area (Å²) in [6, 6.07) is 9.83. The minimum atomic E-state index is -0.140. The molecule has 0 fully saturated rings. The highest BCUT2D eigenvalue weighted by Crippen LogP contribution is 2.18. The van der Waals surface area contributed by atoms with Crippen LogP contribution >= 0.6 is 0 Å². The molecule has 0 aliphatic rings. The zero-order valence-corrected chi connectivity index (χ0v) is 13.3. The van der Waals surface area contributed by atoms with Gasteiger partial charge in [-0.3, -0.25) is 9.20 Å². The number of carbonyl (C=O) groups is 1. The Morgan fingerprint density at radius 1 is 1.05 bits per heavy atom. The lowest BCUT2D eigenvalue weighted by molar-refractivity contribution is 0.102. The lowest BCUT2D eigenvalue weighted by Crippen LogP contribution is -2.15. The molecular formula is C18H19N3O. The zero-order valence-electron chi connectivity index (χ0n) is 13.3. The zero-order chi connectivity index (χ0) is 15.9. The first-order valence-corrected chi connectivity index (χ1v) is 7.29. The Labute approximate surface area is 129 Å². The van der Waals surface area contributed by atoms with E-state index in [-0.39, 0.29) is 5.91 Å². The van der Waals surface area contributed by atoms with E-state index in [2.05, 4.69) is 17.2 Å². The summed E-state index contributed by atoms with van der Waals surface area (Å²) in [5.41, 5.74) is 6.35. The average molecular weight is 293 g/mol. The van der Waals surface area contributed by atoms with Gasteiger partial charge in [0.25, 0.3) is 5.91 Å². The summed E-state index contributed by atoms with van der Waals surface area (Å²) in [5.74, 6) is -0.140. The first-order chi connectivity index (χ1) is 10.5. The van der Waals surface area contributed by atoms with Gasteiger partial charge in [0.1, 0.15) is 11.3 Å². The van der Waals surface area contributed by atoms with E-state index in [0.29, 0.717) is 5.69 Å². The average Bonchev–Trinajstić information content (AvgIpc) is 2.78. The maximum Gasteiger partial charge on any atom is 0.274 e. The van der Waals surface area contributed by atoms with Crippen molar-refractivity contribution in [3.8, 4) is 0 Å². The molecular weight excluding hydrogens is 274 g/mol. The van der Waals surface area contributed by atoms with Crippen molar-refractivity contribution < 1.29 is 4.79 Å². The van der Waals surface area contributed by atoms with E-state index >= 15 is 0 Å². The number of aryl methyl sites for hydroxylation is 4. The number of hydrogen-bond acceptors (Lipinski definition) is 2. The molecule has 0 unspecified atom stereocenters. The molecule has 3 rings (SSSR count). The van der Waals surface area contributed by atoms with Gasteiger partial charge in [0.2, 0.25) is 0 Å². The van der Waals surface area contributed by atoms with Gasteiger partial charge in [0.15, 0.2) is 0 Å². The topological polar surface area (TPSA) is 46.4 Å². The van der Waals surface area contributed by atoms with Crippen molar-refractivity contribution in [3.05, 3.63) is 64.6 Å².